The van der Waals surface area contributed by atoms with Crippen LogP contribution >= 0.6 is 27.5 Å². The number of carbonyl (C=O) groups is 1. The van der Waals surface area contributed by atoms with Gasteiger partial charge in [-0.25, -0.2) is 4.79 Å². The number of halogens is 2. The molecule has 0 saturated heterocycles. The van der Waals surface area contributed by atoms with Crippen LogP contribution in [0.3, 0.4) is 0 Å². The van der Waals surface area contributed by atoms with E-state index in [-0.39, 0.29) is 11.1 Å². The molecule has 0 atom stereocenters. The van der Waals surface area contributed by atoms with Gasteiger partial charge in [-0.3, -0.25) is 4.79 Å². The molecule has 6 heteroatoms. The topological polar surface area (TPSA) is 59.3 Å². The predicted molar refractivity (Wildman–Crippen MR) is 89.6 cm³/mol. The van der Waals surface area contributed by atoms with E-state index in [2.05, 4.69) is 21.2 Å². The molecule has 3 aromatic rings. The van der Waals surface area contributed by atoms with Gasteiger partial charge in [0.15, 0.2) is 5.58 Å². The molecular weight excluding hydrogens is 370 g/mol. The number of carbonyl (C=O) groups excluding carboxylic acids is 1. The fraction of sp³-hybridized carbons (Fsp3) is 0. The van der Waals surface area contributed by atoms with Crippen LogP contribution < -0.4 is 10.9 Å². The maximum atomic E-state index is 12.3. The van der Waals surface area contributed by atoms with E-state index in [1.165, 1.54) is 6.07 Å². The van der Waals surface area contributed by atoms with Gasteiger partial charge in [-0.05, 0) is 30.3 Å². The normalized spacial score (nSPS) is 10.6. The van der Waals surface area contributed by atoms with Crippen molar-refractivity contribution in [1.29, 1.82) is 0 Å². The first-order valence-electron chi connectivity index (χ1n) is 6.34. The Hall–Kier alpha value is -2.11. The fourth-order valence-electron chi connectivity index (χ4n) is 2.03. The smallest absolute Gasteiger partial charge is 0.349 e. The predicted octanol–water partition coefficient (Wildman–Crippen LogP) is 4.46. The van der Waals surface area contributed by atoms with Crippen molar-refractivity contribution in [2.45, 2.75) is 0 Å². The van der Waals surface area contributed by atoms with Gasteiger partial charge in [-0.2, -0.15) is 0 Å². The quantitative estimate of drug-likeness (QED) is 0.670. The van der Waals surface area contributed by atoms with Gasteiger partial charge in [0.2, 0.25) is 0 Å². The van der Waals surface area contributed by atoms with E-state index in [1.807, 2.05) is 6.07 Å². The minimum absolute atomic E-state index is 0.0743. The summed E-state index contributed by atoms with van der Waals surface area (Å²) in [5, 5.41) is 3.57. The van der Waals surface area contributed by atoms with Crippen molar-refractivity contribution in [2.75, 3.05) is 5.32 Å². The molecular formula is C16H9BrClNO3. The maximum absolute atomic E-state index is 12.3. The highest BCUT2D eigenvalue weighted by Crippen LogP contribution is 2.23. The second-order valence-corrected chi connectivity index (χ2v) is 5.89. The standard InChI is InChI=1S/C16H9BrClNO3/c17-10-4-2-5-11(8-10)19-15(20)12-7-9-3-1-6-13(18)14(9)22-16(12)21/h1-8H,(H,19,20). The largest absolute Gasteiger partial charge is 0.421 e. The third-order valence-electron chi connectivity index (χ3n) is 3.04. The first-order chi connectivity index (χ1) is 10.5. The van der Waals surface area contributed by atoms with Crippen LogP contribution in [0.25, 0.3) is 11.0 Å². The van der Waals surface area contributed by atoms with Crippen LogP contribution in [0.2, 0.25) is 5.02 Å². The Bertz CT molecular complexity index is 936. The van der Waals surface area contributed by atoms with Crippen molar-refractivity contribution >= 4 is 50.1 Å². The van der Waals surface area contributed by atoms with Gasteiger partial charge < -0.3 is 9.73 Å². The second-order valence-electron chi connectivity index (χ2n) is 4.57. The molecule has 0 bridgehead atoms. The van der Waals surface area contributed by atoms with E-state index < -0.39 is 11.5 Å². The maximum Gasteiger partial charge on any atom is 0.349 e. The van der Waals surface area contributed by atoms with Crippen LogP contribution in [-0.2, 0) is 0 Å². The van der Waals surface area contributed by atoms with Gasteiger partial charge in [0.05, 0.1) is 5.02 Å². The lowest BCUT2D eigenvalue weighted by Gasteiger charge is -2.06. The number of hydrogen-bond acceptors (Lipinski definition) is 3. The highest BCUT2D eigenvalue weighted by Gasteiger charge is 2.15. The lowest BCUT2D eigenvalue weighted by atomic mass is 10.1. The van der Waals surface area contributed by atoms with E-state index >= 15 is 0 Å². The number of benzene rings is 2. The number of anilines is 1. The third-order valence-corrected chi connectivity index (χ3v) is 3.83. The number of hydrogen-bond donors (Lipinski definition) is 1. The zero-order valence-electron chi connectivity index (χ0n) is 11.1. The van der Waals surface area contributed by atoms with Gasteiger partial charge in [0.25, 0.3) is 5.91 Å². The van der Waals surface area contributed by atoms with Gasteiger partial charge >= 0.3 is 5.63 Å². The SMILES string of the molecule is O=C(Nc1cccc(Br)c1)c1cc2cccc(Cl)c2oc1=O. The lowest BCUT2D eigenvalue weighted by Crippen LogP contribution is -2.20. The summed E-state index contributed by atoms with van der Waals surface area (Å²) >= 11 is 9.29. The van der Waals surface area contributed by atoms with Crippen LogP contribution in [0.5, 0.6) is 0 Å². The minimum Gasteiger partial charge on any atom is -0.421 e. The van der Waals surface area contributed by atoms with Gasteiger partial charge in [-0.15, -0.1) is 0 Å². The fourth-order valence-corrected chi connectivity index (χ4v) is 2.65. The Balaban J connectivity index is 2.01. The van der Waals surface area contributed by atoms with Crippen molar-refractivity contribution < 1.29 is 9.21 Å². The molecule has 2 aromatic carbocycles. The Kier molecular flexibility index (Phi) is 4.00. The molecule has 0 radical (unpaired) electrons. The molecule has 0 saturated carbocycles. The lowest BCUT2D eigenvalue weighted by molar-refractivity contribution is 0.102. The number of amides is 1. The molecule has 1 heterocycles. The summed E-state index contributed by atoms with van der Waals surface area (Å²) in [6, 6.07) is 13.6. The van der Waals surface area contributed by atoms with E-state index in [1.54, 1.807) is 36.4 Å². The molecule has 110 valence electrons. The van der Waals surface area contributed by atoms with Crippen LogP contribution in [0.15, 0.2) is 62.2 Å². The molecule has 0 spiro atoms. The molecule has 1 N–H and O–H groups in total. The highest BCUT2D eigenvalue weighted by molar-refractivity contribution is 9.10. The molecule has 0 unspecified atom stereocenters. The van der Waals surface area contributed by atoms with E-state index in [0.717, 1.165) is 4.47 Å². The van der Waals surface area contributed by atoms with Crippen molar-refractivity contribution in [3.63, 3.8) is 0 Å². The molecule has 0 fully saturated rings. The zero-order valence-corrected chi connectivity index (χ0v) is 13.4. The molecule has 0 aliphatic carbocycles. The summed E-state index contributed by atoms with van der Waals surface area (Å²) in [4.78, 5) is 24.2. The van der Waals surface area contributed by atoms with Crippen molar-refractivity contribution in [3.05, 3.63) is 74.0 Å². The van der Waals surface area contributed by atoms with E-state index in [4.69, 9.17) is 16.0 Å². The van der Waals surface area contributed by atoms with Gasteiger partial charge in [0.1, 0.15) is 5.56 Å². The Labute approximate surface area is 138 Å². The van der Waals surface area contributed by atoms with Gasteiger partial charge in [0, 0.05) is 15.5 Å². The second kappa shape index (κ2) is 5.94. The average molecular weight is 379 g/mol. The Morgan fingerprint density at radius 3 is 2.68 bits per heavy atom. The summed E-state index contributed by atoms with van der Waals surface area (Å²) in [7, 11) is 0. The van der Waals surface area contributed by atoms with E-state index in [0.29, 0.717) is 16.1 Å². The molecule has 1 aromatic heterocycles. The van der Waals surface area contributed by atoms with E-state index in [9.17, 15) is 9.59 Å². The first-order valence-corrected chi connectivity index (χ1v) is 7.51. The van der Waals surface area contributed by atoms with Crippen molar-refractivity contribution in [1.82, 2.24) is 0 Å². The third kappa shape index (κ3) is 2.91. The Morgan fingerprint density at radius 1 is 1.14 bits per heavy atom. The van der Waals surface area contributed by atoms with Crippen LogP contribution in [0.4, 0.5) is 5.69 Å². The number of nitrogens with one attached hydrogen (secondary N) is 1. The summed E-state index contributed by atoms with van der Waals surface area (Å²) in [6.07, 6.45) is 0. The molecule has 0 aliphatic heterocycles. The molecule has 1 amide bonds. The van der Waals surface area contributed by atoms with Gasteiger partial charge in [-0.1, -0.05) is 45.7 Å². The Morgan fingerprint density at radius 2 is 1.91 bits per heavy atom. The first kappa shape index (κ1) is 14.8. The molecule has 22 heavy (non-hydrogen) atoms. The van der Waals surface area contributed by atoms with Crippen LogP contribution in [-0.4, -0.2) is 5.91 Å². The number of para-hydroxylation sites is 1. The summed E-state index contributed by atoms with van der Waals surface area (Å²) in [5.74, 6) is -0.534. The molecule has 0 aliphatic rings. The van der Waals surface area contributed by atoms with Crippen molar-refractivity contribution in [3.8, 4) is 0 Å². The summed E-state index contributed by atoms with van der Waals surface area (Å²) in [5.41, 5.74) is 0.0426. The summed E-state index contributed by atoms with van der Waals surface area (Å²) in [6.45, 7) is 0. The highest BCUT2D eigenvalue weighted by atomic mass is 79.9. The average Bonchev–Trinajstić information content (AvgIpc) is 2.47. The van der Waals surface area contributed by atoms with Crippen LogP contribution in [0.1, 0.15) is 10.4 Å². The van der Waals surface area contributed by atoms with Crippen LogP contribution in [0, 0.1) is 0 Å². The number of rotatable bonds is 2. The summed E-state index contributed by atoms with van der Waals surface area (Å²) < 4.78 is 5.97. The zero-order chi connectivity index (χ0) is 15.7. The monoisotopic (exact) mass is 377 g/mol. The van der Waals surface area contributed by atoms with Crippen molar-refractivity contribution in [2.24, 2.45) is 0 Å². The molecule has 3 rings (SSSR count). The molecule has 4 nitrogen and oxygen atoms in total. The number of fused-ring (bicyclic) bond motifs is 1. The minimum atomic E-state index is -0.729.